The molecule has 0 aliphatic heterocycles. The van der Waals surface area contributed by atoms with Crippen molar-refractivity contribution in [3.8, 4) is 16.8 Å². The Morgan fingerprint density at radius 2 is 2.36 bits per heavy atom. The molecule has 0 atom stereocenters. The topological polar surface area (TPSA) is 49.6 Å². The number of halogens is 1. The Bertz CT molecular complexity index is 487. The first-order chi connectivity index (χ1) is 6.81. The van der Waals surface area contributed by atoms with Crippen molar-refractivity contribution in [3.63, 3.8) is 0 Å². The molecule has 0 aromatic carbocycles. The van der Waals surface area contributed by atoms with E-state index in [1.807, 2.05) is 23.6 Å². The second-order valence-corrected chi connectivity index (χ2v) is 3.79. The molecule has 0 fully saturated rings. The molecule has 0 bridgehead atoms. The van der Waals surface area contributed by atoms with E-state index in [1.54, 1.807) is 0 Å². The van der Waals surface area contributed by atoms with Gasteiger partial charge in [0.2, 0.25) is 0 Å². The molecular formula is C9H4ClN3S. The average molecular weight is 222 g/mol. The van der Waals surface area contributed by atoms with Gasteiger partial charge in [-0.1, -0.05) is 17.7 Å². The number of hydrogen-bond donors (Lipinski definition) is 0. The molecule has 0 saturated carbocycles. The standard InChI is InChI=1S/C9H4ClN3S/c10-8-6(4-11)5-12-9(13-8)7-2-1-3-14-7/h1-3,5H. The van der Waals surface area contributed by atoms with E-state index in [2.05, 4.69) is 9.97 Å². The molecule has 5 heteroatoms. The highest BCUT2D eigenvalue weighted by molar-refractivity contribution is 7.13. The highest BCUT2D eigenvalue weighted by Crippen LogP contribution is 2.22. The van der Waals surface area contributed by atoms with Crippen LogP contribution in [0.1, 0.15) is 5.56 Å². The van der Waals surface area contributed by atoms with Crippen molar-refractivity contribution in [2.24, 2.45) is 0 Å². The molecule has 0 spiro atoms. The average Bonchev–Trinajstić information content (AvgIpc) is 2.70. The molecule has 14 heavy (non-hydrogen) atoms. The minimum Gasteiger partial charge on any atom is -0.234 e. The van der Waals surface area contributed by atoms with Crippen molar-refractivity contribution in [1.29, 1.82) is 5.26 Å². The quantitative estimate of drug-likeness (QED) is 0.696. The largest absolute Gasteiger partial charge is 0.234 e. The van der Waals surface area contributed by atoms with E-state index in [0.29, 0.717) is 11.4 Å². The van der Waals surface area contributed by atoms with Gasteiger partial charge in [0.15, 0.2) is 11.0 Å². The van der Waals surface area contributed by atoms with E-state index in [1.165, 1.54) is 17.5 Å². The van der Waals surface area contributed by atoms with Crippen LogP contribution in [-0.2, 0) is 0 Å². The van der Waals surface area contributed by atoms with E-state index in [9.17, 15) is 0 Å². The third kappa shape index (κ3) is 1.60. The summed E-state index contributed by atoms with van der Waals surface area (Å²) in [6.45, 7) is 0. The first kappa shape index (κ1) is 9.13. The number of nitrogens with zero attached hydrogens (tertiary/aromatic N) is 3. The molecule has 0 aliphatic rings. The molecular weight excluding hydrogens is 218 g/mol. The Morgan fingerprint density at radius 3 is 2.93 bits per heavy atom. The fourth-order valence-corrected chi connectivity index (χ4v) is 1.80. The lowest BCUT2D eigenvalue weighted by Gasteiger charge is -1.97. The van der Waals surface area contributed by atoms with Crippen LogP contribution in [-0.4, -0.2) is 9.97 Å². The summed E-state index contributed by atoms with van der Waals surface area (Å²) in [5.74, 6) is 0.559. The summed E-state index contributed by atoms with van der Waals surface area (Å²) in [7, 11) is 0. The molecule has 0 saturated heterocycles. The zero-order chi connectivity index (χ0) is 9.97. The van der Waals surface area contributed by atoms with Gasteiger partial charge in [-0.3, -0.25) is 0 Å². The molecule has 2 aromatic heterocycles. The van der Waals surface area contributed by atoms with Crippen LogP contribution >= 0.6 is 22.9 Å². The van der Waals surface area contributed by atoms with E-state index >= 15 is 0 Å². The summed E-state index contributed by atoms with van der Waals surface area (Å²) in [5.41, 5.74) is 0.298. The Labute approximate surface area is 89.6 Å². The Morgan fingerprint density at radius 1 is 1.50 bits per heavy atom. The van der Waals surface area contributed by atoms with E-state index in [-0.39, 0.29) is 5.15 Å². The van der Waals surface area contributed by atoms with Crippen molar-refractivity contribution in [2.45, 2.75) is 0 Å². The van der Waals surface area contributed by atoms with Crippen LogP contribution in [0.3, 0.4) is 0 Å². The maximum Gasteiger partial charge on any atom is 0.171 e. The molecule has 0 N–H and O–H groups in total. The molecule has 0 unspecified atom stereocenters. The van der Waals surface area contributed by atoms with Gasteiger partial charge in [0.05, 0.1) is 11.1 Å². The van der Waals surface area contributed by atoms with Gasteiger partial charge in [-0.2, -0.15) is 5.26 Å². The van der Waals surface area contributed by atoms with Crippen LogP contribution in [0.4, 0.5) is 0 Å². The van der Waals surface area contributed by atoms with Gasteiger partial charge in [0.1, 0.15) is 11.6 Å². The maximum atomic E-state index is 8.63. The number of aromatic nitrogens is 2. The first-order valence-electron chi connectivity index (χ1n) is 3.78. The molecule has 2 rings (SSSR count). The molecule has 0 amide bonds. The summed E-state index contributed by atoms with van der Waals surface area (Å²) < 4.78 is 0. The molecule has 0 aliphatic carbocycles. The van der Waals surface area contributed by atoms with Gasteiger partial charge >= 0.3 is 0 Å². The molecule has 2 heterocycles. The van der Waals surface area contributed by atoms with Crippen LogP contribution in [0.5, 0.6) is 0 Å². The zero-order valence-corrected chi connectivity index (χ0v) is 8.51. The lowest BCUT2D eigenvalue weighted by molar-refractivity contribution is 1.17. The second kappa shape index (κ2) is 3.74. The molecule has 2 aromatic rings. The lowest BCUT2D eigenvalue weighted by atomic mass is 10.3. The SMILES string of the molecule is N#Cc1cnc(-c2cccs2)nc1Cl. The van der Waals surface area contributed by atoms with Gasteiger partial charge in [0.25, 0.3) is 0 Å². The third-order valence-electron chi connectivity index (χ3n) is 1.60. The van der Waals surface area contributed by atoms with Crippen molar-refractivity contribution < 1.29 is 0 Å². The van der Waals surface area contributed by atoms with Crippen molar-refractivity contribution in [2.75, 3.05) is 0 Å². The second-order valence-electron chi connectivity index (χ2n) is 2.49. The highest BCUT2D eigenvalue weighted by atomic mass is 35.5. The van der Waals surface area contributed by atoms with E-state index < -0.39 is 0 Å². The highest BCUT2D eigenvalue weighted by Gasteiger charge is 2.06. The third-order valence-corrected chi connectivity index (χ3v) is 2.76. The summed E-state index contributed by atoms with van der Waals surface area (Å²) >= 11 is 7.31. The molecule has 0 radical (unpaired) electrons. The summed E-state index contributed by atoms with van der Waals surface area (Å²) in [6, 6.07) is 5.73. The summed E-state index contributed by atoms with van der Waals surface area (Å²) in [5, 5.41) is 10.8. The molecule has 3 nitrogen and oxygen atoms in total. The first-order valence-corrected chi connectivity index (χ1v) is 5.03. The van der Waals surface area contributed by atoms with E-state index in [4.69, 9.17) is 16.9 Å². The lowest BCUT2D eigenvalue weighted by Crippen LogP contribution is -1.90. The number of thiophene rings is 1. The predicted octanol–water partition coefficient (Wildman–Crippen LogP) is 2.73. The fourth-order valence-electron chi connectivity index (χ4n) is 0.961. The summed E-state index contributed by atoms with van der Waals surface area (Å²) in [6.07, 6.45) is 1.43. The van der Waals surface area contributed by atoms with Gasteiger partial charge in [-0.15, -0.1) is 11.3 Å². The normalized spacial score (nSPS) is 9.71. The monoisotopic (exact) mass is 221 g/mol. The number of rotatable bonds is 1. The van der Waals surface area contributed by atoms with Gasteiger partial charge in [-0.25, -0.2) is 9.97 Å². The van der Waals surface area contributed by atoms with Gasteiger partial charge in [0, 0.05) is 0 Å². The minimum absolute atomic E-state index is 0.200. The predicted molar refractivity (Wildman–Crippen MR) is 55.1 cm³/mol. The van der Waals surface area contributed by atoms with Gasteiger partial charge in [-0.05, 0) is 11.4 Å². The smallest absolute Gasteiger partial charge is 0.171 e. The van der Waals surface area contributed by atoms with Crippen molar-refractivity contribution in [3.05, 3.63) is 34.4 Å². The number of hydrogen-bond acceptors (Lipinski definition) is 4. The van der Waals surface area contributed by atoms with Gasteiger partial charge < -0.3 is 0 Å². The van der Waals surface area contributed by atoms with Crippen LogP contribution in [0.25, 0.3) is 10.7 Å². The summed E-state index contributed by atoms with van der Waals surface area (Å²) in [4.78, 5) is 9.01. The van der Waals surface area contributed by atoms with Crippen molar-refractivity contribution >= 4 is 22.9 Å². The zero-order valence-electron chi connectivity index (χ0n) is 6.94. The van der Waals surface area contributed by atoms with E-state index in [0.717, 1.165) is 4.88 Å². The minimum atomic E-state index is 0.200. The van der Waals surface area contributed by atoms with Crippen LogP contribution in [0.2, 0.25) is 5.15 Å². The maximum absolute atomic E-state index is 8.63. The van der Waals surface area contributed by atoms with Crippen LogP contribution in [0.15, 0.2) is 23.7 Å². The molecule has 68 valence electrons. The fraction of sp³-hybridized carbons (Fsp3) is 0. The Hall–Kier alpha value is -1.44. The number of nitriles is 1. The Balaban J connectivity index is 2.49. The van der Waals surface area contributed by atoms with Crippen LogP contribution in [0, 0.1) is 11.3 Å². The Kier molecular flexibility index (Phi) is 2.44. The van der Waals surface area contributed by atoms with Crippen LogP contribution < -0.4 is 0 Å². The van der Waals surface area contributed by atoms with Crippen molar-refractivity contribution in [1.82, 2.24) is 9.97 Å².